The normalized spacial score (nSPS) is 11.7. The van der Waals surface area contributed by atoms with Gasteiger partial charge >= 0.3 is 5.97 Å². The number of anilines is 2. The minimum absolute atomic E-state index is 0.0762. The summed E-state index contributed by atoms with van der Waals surface area (Å²) in [6.45, 7) is 2.16. The molecule has 27 heavy (non-hydrogen) atoms. The van der Waals surface area contributed by atoms with Crippen LogP contribution in [0.5, 0.6) is 0 Å². The molecule has 0 aliphatic carbocycles. The highest BCUT2D eigenvalue weighted by atomic mass is 16.5. The molecule has 5 heteroatoms. The number of esters is 1. The largest absolute Gasteiger partial charge is 0.462 e. The smallest absolute Gasteiger partial charge is 0.338 e. The van der Waals surface area contributed by atoms with Crippen molar-refractivity contribution >= 4 is 17.6 Å². The van der Waals surface area contributed by atoms with E-state index in [2.05, 4.69) is 17.1 Å². The lowest BCUT2D eigenvalue weighted by Gasteiger charge is -2.19. The SMILES string of the molecule is CCOC(=O)c1ccc(CC(c2ccccc2)c2cc(N)nc(N)c2)cc1. The second kappa shape index (κ2) is 8.36. The molecule has 0 spiro atoms. The number of carbonyl (C=O) groups excluding carboxylic acids is 1. The predicted octanol–water partition coefficient (Wildman–Crippen LogP) is 3.80. The fourth-order valence-corrected chi connectivity index (χ4v) is 3.14. The van der Waals surface area contributed by atoms with Crippen molar-refractivity contribution in [1.82, 2.24) is 4.98 Å². The van der Waals surface area contributed by atoms with Gasteiger partial charge in [0.15, 0.2) is 0 Å². The fourth-order valence-electron chi connectivity index (χ4n) is 3.14. The van der Waals surface area contributed by atoms with Crippen LogP contribution in [0.15, 0.2) is 66.7 Å². The lowest BCUT2D eigenvalue weighted by Crippen LogP contribution is -2.09. The van der Waals surface area contributed by atoms with Crippen LogP contribution >= 0.6 is 0 Å². The first kappa shape index (κ1) is 18.5. The minimum Gasteiger partial charge on any atom is -0.462 e. The molecule has 3 aromatic rings. The molecule has 2 aromatic carbocycles. The monoisotopic (exact) mass is 361 g/mol. The molecule has 1 heterocycles. The molecule has 0 bridgehead atoms. The zero-order valence-electron chi connectivity index (χ0n) is 15.3. The Labute approximate surface area is 159 Å². The van der Waals surface area contributed by atoms with E-state index in [0.717, 1.165) is 23.1 Å². The molecule has 0 fully saturated rings. The Bertz CT molecular complexity index is 888. The van der Waals surface area contributed by atoms with E-state index in [0.29, 0.717) is 23.8 Å². The van der Waals surface area contributed by atoms with Gasteiger partial charge in [-0.05, 0) is 54.3 Å². The van der Waals surface area contributed by atoms with Crippen LogP contribution in [0, 0.1) is 0 Å². The van der Waals surface area contributed by atoms with E-state index in [9.17, 15) is 4.79 Å². The maximum absolute atomic E-state index is 11.8. The molecule has 1 atom stereocenters. The number of hydrogen-bond acceptors (Lipinski definition) is 5. The van der Waals surface area contributed by atoms with Gasteiger partial charge < -0.3 is 16.2 Å². The molecule has 4 N–H and O–H groups in total. The summed E-state index contributed by atoms with van der Waals surface area (Å²) in [6.07, 6.45) is 0.746. The molecule has 1 unspecified atom stereocenters. The van der Waals surface area contributed by atoms with Crippen molar-refractivity contribution < 1.29 is 9.53 Å². The molecule has 0 aliphatic heterocycles. The summed E-state index contributed by atoms with van der Waals surface area (Å²) < 4.78 is 5.04. The van der Waals surface area contributed by atoms with Gasteiger partial charge in [0.25, 0.3) is 0 Å². The summed E-state index contributed by atoms with van der Waals surface area (Å²) in [7, 11) is 0. The van der Waals surface area contributed by atoms with Gasteiger partial charge in [-0.1, -0.05) is 42.5 Å². The molecule has 0 saturated carbocycles. The van der Waals surface area contributed by atoms with Crippen LogP contribution in [0.1, 0.15) is 39.9 Å². The van der Waals surface area contributed by atoms with Crippen molar-refractivity contribution in [3.8, 4) is 0 Å². The molecule has 3 rings (SSSR count). The van der Waals surface area contributed by atoms with Crippen LogP contribution in [0.4, 0.5) is 11.6 Å². The van der Waals surface area contributed by atoms with Crippen molar-refractivity contribution in [2.24, 2.45) is 0 Å². The molecule has 1 aromatic heterocycles. The van der Waals surface area contributed by atoms with Crippen LogP contribution in [0.25, 0.3) is 0 Å². The second-order valence-corrected chi connectivity index (χ2v) is 6.33. The summed E-state index contributed by atoms with van der Waals surface area (Å²) in [5, 5.41) is 0. The predicted molar refractivity (Wildman–Crippen MR) is 107 cm³/mol. The second-order valence-electron chi connectivity index (χ2n) is 6.33. The molecule has 5 nitrogen and oxygen atoms in total. The first-order valence-electron chi connectivity index (χ1n) is 8.90. The average molecular weight is 361 g/mol. The quantitative estimate of drug-likeness (QED) is 0.652. The number of rotatable bonds is 6. The third-order valence-corrected chi connectivity index (χ3v) is 4.40. The maximum atomic E-state index is 11.8. The minimum atomic E-state index is -0.307. The van der Waals surface area contributed by atoms with Gasteiger partial charge in [-0.25, -0.2) is 9.78 Å². The van der Waals surface area contributed by atoms with Gasteiger partial charge in [0.05, 0.1) is 12.2 Å². The molecule has 0 saturated heterocycles. The topological polar surface area (TPSA) is 91.2 Å². The van der Waals surface area contributed by atoms with Gasteiger partial charge in [0, 0.05) is 5.92 Å². The number of nitrogens with zero attached hydrogens (tertiary/aromatic N) is 1. The Morgan fingerprint density at radius 2 is 1.59 bits per heavy atom. The van der Waals surface area contributed by atoms with Gasteiger partial charge in [0.1, 0.15) is 11.6 Å². The van der Waals surface area contributed by atoms with E-state index in [1.165, 1.54) is 0 Å². The van der Waals surface area contributed by atoms with Crippen LogP contribution in [-0.2, 0) is 11.2 Å². The number of carbonyl (C=O) groups is 1. The first-order valence-corrected chi connectivity index (χ1v) is 8.90. The third kappa shape index (κ3) is 4.64. The number of hydrogen-bond donors (Lipinski definition) is 2. The van der Waals surface area contributed by atoms with Crippen LogP contribution in [0.2, 0.25) is 0 Å². The summed E-state index contributed by atoms with van der Waals surface area (Å²) in [4.78, 5) is 15.9. The number of nitrogen functional groups attached to an aromatic ring is 2. The lowest BCUT2D eigenvalue weighted by atomic mass is 9.86. The highest BCUT2D eigenvalue weighted by Crippen LogP contribution is 2.30. The first-order chi connectivity index (χ1) is 13.1. The number of benzene rings is 2. The zero-order chi connectivity index (χ0) is 19.2. The van der Waals surface area contributed by atoms with E-state index in [1.54, 1.807) is 19.1 Å². The Morgan fingerprint density at radius 1 is 0.963 bits per heavy atom. The van der Waals surface area contributed by atoms with Gasteiger partial charge in [-0.2, -0.15) is 0 Å². The Morgan fingerprint density at radius 3 is 2.19 bits per heavy atom. The molecular formula is C22H23N3O2. The van der Waals surface area contributed by atoms with Crippen molar-refractivity contribution in [1.29, 1.82) is 0 Å². The average Bonchev–Trinajstić information content (AvgIpc) is 2.66. The molecule has 138 valence electrons. The van der Waals surface area contributed by atoms with Crippen LogP contribution in [0.3, 0.4) is 0 Å². The van der Waals surface area contributed by atoms with E-state index in [1.807, 2.05) is 42.5 Å². The zero-order valence-corrected chi connectivity index (χ0v) is 15.3. The van der Waals surface area contributed by atoms with Crippen molar-refractivity contribution in [3.63, 3.8) is 0 Å². The van der Waals surface area contributed by atoms with Crippen LogP contribution in [-0.4, -0.2) is 17.6 Å². The highest BCUT2D eigenvalue weighted by Gasteiger charge is 2.17. The molecule has 0 radical (unpaired) electrons. The van der Waals surface area contributed by atoms with E-state index < -0.39 is 0 Å². The van der Waals surface area contributed by atoms with Crippen molar-refractivity contribution in [2.45, 2.75) is 19.3 Å². The summed E-state index contributed by atoms with van der Waals surface area (Å²) >= 11 is 0. The number of ether oxygens (including phenoxy) is 1. The Kier molecular flexibility index (Phi) is 5.71. The maximum Gasteiger partial charge on any atom is 0.338 e. The van der Waals surface area contributed by atoms with E-state index in [-0.39, 0.29) is 11.9 Å². The molecular weight excluding hydrogens is 338 g/mol. The van der Waals surface area contributed by atoms with Gasteiger partial charge in [-0.3, -0.25) is 0 Å². The van der Waals surface area contributed by atoms with Crippen molar-refractivity contribution in [3.05, 3.63) is 89.0 Å². The molecule has 0 aliphatic rings. The van der Waals surface area contributed by atoms with Gasteiger partial charge in [-0.15, -0.1) is 0 Å². The van der Waals surface area contributed by atoms with Gasteiger partial charge in [0.2, 0.25) is 0 Å². The van der Waals surface area contributed by atoms with Crippen LogP contribution < -0.4 is 11.5 Å². The number of pyridine rings is 1. The third-order valence-electron chi connectivity index (χ3n) is 4.40. The Hall–Kier alpha value is -3.34. The number of aromatic nitrogens is 1. The number of nitrogens with two attached hydrogens (primary N) is 2. The molecule has 0 amide bonds. The highest BCUT2D eigenvalue weighted by molar-refractivity contribution is 5.89. The summed E-state index contributed by atoms with van der Waals surface area (Å²) in [5.74, 6) is 0.581. The summed E-state index contributed by atoms with van der Waals surface area (Å²) in [6, 6.07) is 21.4. The lowest BCUT2D eigenvalue weighted by molar-refractivity contribution is 0.0526. The summed E-state index contributed by atoms with van der Waals surface area (Å²) in [5.41, 5.74) is 15.6. The standard InChI is InChI=1S/C22H23N3O2/c1-2-27-22(26)17-10-8-15(9-11-17)12-19(16-6-4-3-5-7-16)18-13-20(23)25-21(24)14-18/h3-11,13-14,19H,2,12H2,1H3,(H4,23,24,25). The van der Waals surface area contributed by atoms with Crippen molar-refractivity contribution in [2.75, 3.05) is 18.1 Å². The Balaban J connectivity index is 1.91. The fraction of sp³-hybridized carbons (Fsp3) is 0.182. The van der Waals surface area contributed by atoms with E-state index >= 15 is 0 Å². The van der Waals surface area contributed by atoms with E-state index in [4.69, 9.17) is 16.2 Å².